The van der Waals surface area contributed by atoms with Crippen molar-refractivity contribution in [2.45, 2.75) is 32.8 Å². The van der Waals surface area contributed by atoms with Crippen LogP contribution in [-0.4, -0.2) is 27.9 Å². The van der Waals surface area contributed by atoms with Gasteiger partial charge in [-0.3, -0.25) is 4.79 Å². The first-order valence-electron chi connectivity index (χ1n) is 11.0. The maximum Gasteiger partial charge on any atom is 0.274 e. The Kier molecular flexibility index (Phi) is 6.19. The van der Waals surface area contributed by atoms with Crippen LogP contribution in [0.1, 0.15) is 38.3 Å². The van der Waals surface area contributed by atoms with Gasteiger partial charge in [-0.05, 0) is 50.1 Å². The molecule has 0 unspecified atom stereocenters. The van der Waals surface area contributed by atoms with Gasteiger partial charge >= 0.3 is 0 Å². The topological polar surface area (TPSA) is 76.4 Å². The van der Waals surface area contributed by atoms with Crippen molar-refractivity contribution in [2.75, 3.05) is 18.5 Å². The predicted octanol–water partition coefficient (Wildman–Crippen LogP) is 4.79. The number of aromatic nitrogens is 2. The maximum absolute atomic E-state index is 15.7. The second kappa shape index (κ2) is 8.92. The molecule has 4 rings (SSSR count). The summed E-state index contributed by atoms with van der Waals surface area (Å²) in [5.74, 6) is 0.0505. The highest BCUT2D eigenvalue weighted by atomic mass is 19.1. The Morgan fingerprint density at radius 3 is 2.67 bits per heavy atom. The molecule has 0 bridgehead atoms. The van der Waals surface area contributed by atoms with Gasteiger partial charge in [0, 0.05) is 29.8 Å². The van der Waals surface area contributed by atoms with Crippen molar-refractivity contribution in [3.8, 4) is 0 Å². The molecule has 1 aliphatic heterocycles. The minimum absolute atomic E-state index is 0.218. The third-order valence-corrected chi connectivity index (χ3v) is 6.20. The van der Waals surface area contributed by atoms with E-state index >= 15 is 4.39 Å². The lowest BCUT2D eigenvalue weighted by Crippen LogP contribution is -2.46. The highest BCUT2D eigenvalue weighted by molar-refractivity contribution is 5.89. The van der Waals surface area contributed by atoms with Gasteiger partial charge in [0.25, 0.3) is 5.56 Å². The van der Waals surface area contributed by atoms with Crippen LogP contribution in [0.25, 0.3) is 16.5 Å². The summed E-state index contributed by atoms with van der Waals surface area (Å²) in [4.78, 5) is 17.2. The van der Waals surface area contributed by atoms with E-state index in [0.717, 1.165) is 17.6 Å². The standard InChI is InChI=1S/C26H28FN3O3/c1-5-7-18(16(3)6-2)19-9-10-22-20(24(19)27)12-21(25(31)30(22)4)29-23-11-8-17(13-28-23)26(32)14-33-15-26/h5,7-13,32H,6,14-15H2,1-4H3,(H,28,29)/b7-5-,18-16-. The highest BCUT2D eigenvalue weighted by Gasteiger charge is 2.38. The molecule has 0 spiro atoms. The van der Waals surface area contributed by atoms with Crippen LogP contribution in [0.3, 0.4) is 0 Å². The van der Waals surface area contributed by atoms with Crippen molar-refractivity contribution < 1.29 is 14.2 Å². The molecule has 1 fully saturated rings. The minimum Gasteiger partial charge on any atom is -0.380 e. The average molecular weight is 450 g/mol. The van der Waals surface area contributed by atoms with Crippen molar-refractivity contribution in [1.82, 2.24) is 9.55 Å². The Morgan fingerprint density at radius 1 is 1.33 bits per heavy atom. The van der Waals surface area contributed by atoms with E-state index < -0.39 is 5.60 Å². The van der Waals surface area contributed by atoms with Crippen LogP contribution in [0, 0.1) is 5.82 Å². The van der Waals surface area contributed by atoms with E-state index in [9.17, 15) is 9.90 Å². The lowest BCUT2D eigenvalue weighted by atomic mass is 9.94. The van der Waals surface area contributed by atoms with Gasteiger partial charge in [-0.1, -0.05) is 30.7 Å². The molecule has 2 aromatic heterocycles. The number of allylic oxidation sites excluding steroid dienone is 4. The Bertz CT molecular complexity index is 1320. The molecule has 0 amide bonds. The Morgan fingerprint density at radius 2 is 2.09 bits per heavy atom. The summed E-state index contributed by atoms with van der Waals surface area (Å²) in [6, 6.07) is 8.46. The van der Waals surface area contributed by atoms with Crippen LogP contribution < -0.4 is 10.9 Å². The van der Waals surface area contributed by atoms with Gasteiger partial charge in [0.2, 0.25) is 0 Å². The van der Waals surface area contributed by atoms with Crippen molar-refractivity contribution in [2.24, 2.45) is 7.05 Å². The second-order valence-corrected chi connectivity index (χ2v) is 8.41. The zero-order valence-electron chi connectivity index (χ0n) is 19.3. The number of hydrogen-bond acceptors (Lipinski definition) is 5. The quantitative estimate of drug-likeness (QED) is 0.529. The number of rotatable bonds is 6. The maximum atomic E-state index is 15.7. The molecule has 2 N–H and O–H groups in total. The van der Waals surface area contributed by atoms with Crippen molar-refractivity contribution in [1.29, 1.82) is 0 Å². The average Bonchev–Trinajstić information content (AvgIpc) is 2.80. The molecular formula is C26H28FN3O3. The fourth-order valence-electron chi connectivity index (χ4n) is 3.97. The molecule has 1 aliphatic rings. The number of pyridine rings is 2. The number of ether oxygens (including phenoxy) is 1. The zero-order chi connectivity index (χ0) is 23.8. The number of halogens is 1. The lowest BCUT2D eigenvalue weighted by molar-refractivity contribution is -0.184. The van der Waals surface area contributed by atoms with Crippen LogP contribution in [0.2, 0.25) is 0 Å². The van der Waals surface area contributed by atoms with Crippen molar-refractivity contribution in [3.05, 3.63) is 81.6 Å². The molecule has 0 atom stereocenters. The first kappa shape index (κ1) is 22.9. The summed E-state index contributed by atoms with van der Waals surface area (Å²) in [5, 5.41) is 13.7. The molecular weight excluding hydrogens is 421 g/mol. The normalized spacial score (nSPS) is 16.1. The number of aliphatic hydroxyl groups is 1. The molecule has 1 aromatic carbocycles. The van der Waals surface area contributed by atoms with Gasteiger partial charge < -0.3 is 19.7 Å². The van der Waals surface area contributed by atoms with Gasteiger partial charge in [-0.2, -0.15) is 0 Å². The summed E-state index contributed by atoms with van der Waals surface area (Å²) < 4.78 is 22.2. The Balaban J connectivity index is 1.77. The summed E-state index contributed by atoms with van der Waals surface area (Å²) in [5.41, 5.74) is 2.50. The highest BCUT2D eigenvalue weighted by Crippen LogP contribution is 2.31. The molecule has 0 radical (unpaired) electrons. The van der Waals surface area contributed by atoms with Gasteiger partial charge in [0.1, 0.15) is 22.9 Å². The van der Waals surface area contributed by atoms with Gasteiger partial charge in [-0.25, -0.2) is 9.37 Å². The minimum atomic E-state index is -1.01. The van der Waals surface area contributed by atoms with Crippen LogP contribution in [0.5, 0.6) is 0 Å². The SMILES string of the molecule is C/C=C\C(=C(/C)CC)c1ccc2c(cc(Nc3ccc(C4(O)COC4)cn3)c(=O)n2C)c1F. The van der Waals surface area contributed by atoms with E-state index in [2.05, 4.69) is 10.3 Å². The molecule has 0 aliphatic carbocycles. The number of aryl methyl sites for hydroxylation is 1. The third-order valence-electron chi connectivity index (χ3n) is 6.20. The Labute approximate surface area is 192 Å². The van der Waals surface area contributed by atoms with E-state index in [4.69, 9.17) is 4.74 Å². The van der Waals surface area contributed by atoms with E-state index in [1.54, 1.807) is 37.5 Å². The number of nitrogens with one attached hydrogen (secondary N) is 1. The largest absolute Gasteiger partial charge is 0.380 e. The van der Waals surface area contributed by atoms with E-state index in [-0.39, 0.29) is 30.3 Å². The van der Waals surface area contributed by atoms with Crippen LogP contribution in [0.4, 0.5) is 15.9 Å². The van der Waals surface area contributed by atoms with E-state index in [1.165, 1.54) is 10.6 Å². The number of anilines is 2. The monoisotopic (exact) mass is 449 g/mol. The number of nitrogens with zero attached hydrogens (tertiary/aromatic N) is 2. The van der Waals surface area contributed by atoms with Crippen LogP contribution >= 0.6 is 0 Å². The zero-order valence-corrected chi connectivity index (χ0v) is 19.3. The van der Waals surface area contributed by atoms with Gasteiger partial charge in [-0.15, -0.1) is 0 Å². The first-order valence-corrected chi connectivity index (χ1v) is 11.0. The Hall–Kier alpha value is -3.29. The number of hydrogen-bond donors (Lipinski definition) is 2. The molecule has 0 saturated carbocycles. The molecule has 6 nitrogen and oxygen atoms in total. The van der Waals surface area contributed by atoms with Crippen molar-refractivity contribution >= 4 is 28.0 Å². The van der Waals surface area contributed by atoms with Crippen molar-refractivity contribution in [3.63, 3.8) is 0 Å². The van der Waals surface area contributed by atoms with E-state index in [1.807, 2.05) is 32.9 Å². The first-order chi connectivity index (χ1) is 15.8. The van der Waals surface area contributed by atoms with Crippen LogP contribution in [-0.2, 0) is 17.4 Å². The van der Waals surface area contributed by atoms with Gasteiger partial charge in [0.05, 0.1) is 18.7 Å². The fourth-order valence-corrected chi connectivity index (χ4v) is 3.97. The summed E-state index contributed by atoms with van der Waals surface area (Å²) in [6.45, 7) is 6.40. The van der Waals surface area contributed by atoms with Crippen LogP contribution in [0.15, 0.2) is 59.0 Å². The summed E-state index contributed by atoms with van der Waals surface area (Å²) in [7, 11) is 1.62. The molecule has 172 valence electrons. The molecule has 7 heteroatoms. The fraction of sp³-hybridized carbons (Fsp3) is 0.308. The summed E-state index contributed by atoms with van der Waals surface area (Å²) in [6.07, 6.45) is 6.17. The summed E-state index contributed by atoms with van der Waals surface area (Å²) >= 11 is 0. The molecule has 3 aromatic rings. The smallest absolute Gasteiger partial charge is 0.274 e. The molecule has 1 saturated heterocycles. The van der Waals surface area contributed by atoms with E-state index in [0.29, 0.717) is 27.8 Å². The second-order valence-electron chi connectivity index (χ2n) is 8.41. The van der Waals surface area contributed by atoms with Gasteiger partial charge in [0.15, 0.2) is 0 Å². The molecule has 3 heterocycles. The predicted molar refractivity (Wildman–Crippen MR) is 129 cm³/mol. The number of fused-ring (bicyclic) bond motifs is 1. The number of benzene rings is 1. The third kappa shape index (κ3) is 4.10. The molecule has 33 heavy (non-hydrogen) atoms. The lowest BCUT2D eigenvalue weighted by Gasteiger charge is -2.36.